The number of thioether (sulfide) groups is 1. The van der Waals surface area contributed by atoms with Crippen molar-refractivity contribution in [1.82, 2.24) is 4.57 Å². The zero-order valence-corrected chi connectivity index (χ0v) is 13.4. The molecule has 0 bridgehead atoms. The molecule has 0 aliphatic rings. The Morgan fingerprint density at radius 1 is 1.14 bits per heavy atom. The molecule has 4 nitrogen and oxygen atoms in total. The van der Waals surface area contributed by atoms with Gasteiger partial charge in [0.15, 0.2) is 11.0 Å². The van der Waals surface area contributed by atoms with Gasteiger partial charge in [-0.1, -0.05) is 32.9 Å². The second-order valence-corrected chi connectivity index (χ2v) is 7.14. The maximum absolute atomic E-state index is 11.1. The van der Waals surface area contributed by atoms with Gasteiger partial charge in [0, 0.05) is 13.0 Å². The number of carbonyl (C=O) groups excluding carboxylic acids is 1. The third kappa shape index (κ3) is 3.24. The van der Waals surface area contributed by atoms with Crippen molar-refractivity contribution in [1.29, 1.82) is 0 Å². The molecule has 1 heterocycles. The van der Waals surface area contributed by atoms with E-state index in [4.69, 9.17) is 0 Å². The monoisotopic (exact) mass is 305 g/mol. The zero-order valence-electron chi connectivity index (χ0n) is 12.5. The first kappa shape index (κ1) is 15.5. The van der Waals surface area contributed by atoms with Crippen LogP contribution in [0, 0.1) is 0 Å². The Morgan fingerprint density at radius 2 is 1.71 bits per heavy atom. The molecule has 0 fully saturated rings. The molecule has 0 saturated heterocycles. The van der Waals surface area contributed by atoms with Crippen molar-refractivity contribution in [3.05, 3.63) is 35.9 Å². The number of hydrogen-bond donors (Lipinski definition) is 2. The van der Waals surface area contributed by atoms with Gasteiger partial charge in [0.25, 0.3) is 0 Å². The highest BCUT2D eigenvalue weighted by Crippen LogP contribution is 2.38. The molecule has 1 aromatic carbocycles. The van der Waals surface area contributed by atoms with E-state index in [1.165, 1.54) is 17.6 Å². The number of benzene rings is 1. The average molecular weight is 305 g/mol. The fourth-order valence-corrected chi connectivity index (χ4v) is 2.72. The highest BCUT2D eigenvalue weighted by atomic mass is 32.2. The summed E-state index contributed by atoms with van der Waals surface area (Å²) in [4.78, 5) is 11.5. The van der Waals surface area contributed by atoms with Crippen LogP contribution >= 0.6 is 11.8 Å². The van der Waals surface area contributed by atoms with E-state index in [1.54, 1.807) is 0 Å². The van der Waals surface area contributed by atoms with E-state index in [0.29, 0.717) is 10.6 Å². The molecule has 0 aliphatic carbocycles. The number of rotatable bonds is 2. The van der Waals surface area contributed by atoms with Crippen LogP contribution in [0.2, 0.25) is 0 Å². The zero-order chi connectivity index (χ0) is 15.8. The van der Waals surface area contributed by atoms with E-state index in [2.05, 4.69) is 20.8 Å². The molecule has 2 aromatic rings. The molecule has 2 rings (SSSR count). The molecule has 0 aliphatic heterocycles. The van der Waals surface area contributed by atoms with Crippen molar-refractivity contribution in [2.75, 3.05) is 0 Å². The Hall–Kier alpha value is -1.88. The minimum Gasteiger partial charge on any atom is -0.494 e. The third-order valence-electron chi connectivity index (χ3n) is 3.17. The van der Waals surface area contributed by atoms with Crippen LogP contribution in [0.4, 0.5) is 0 Å². The Morgan fingerprint density at radius 3 is 2.19 bits per heavy atom. The molecular weight excluding hydrogens is 286 g/mol. The summed E-state index contributed by atoms with van der Waals surface area (Å²) in [5.74, 6) is -0.226. The van der Waals surface area contributed by atoms with Gasteiger partial charge in [0.05, 0.1) is 10.6 Å². The minimum atomic E-state index is -0.148. The van der Waals surface area contributed by atoms with E-state index in [1.807, 2.05) is 24.3 Å². The summed E-state index contributed by atoms with van der Waals surface area (Å²) >= 11 is 0.892. The van der Waals surface area contributed by atoms with Crippen LogP contribution in [0.3, 0.4) is 0 Å². The van der Waals surface area contributed by atoms with Gasteiger partial charge in [-0.15, -0.1) is 0 Å². The lowest BCUT2D eigenvalue weighted by Gasteiger charge is -2.19. The molecule has 1 aromatic heterocycles. The van der Waals surface area contributed by atoms with Crippen LogP contribution in [0.5, 0.6) is 11.8 Å². The van der Waals surface area contributed by atoms with Gasteiger partial charge in [-0.05, 0) is 34.9 Å². The number of nitrogens with zero attached hydrogens (tertiary/aromatic N) is 1. The van der Waals surface area contributed by atoms with Gasteiger partial charge in [-0.25, -0.2) is 0 Å². The molecular formula is C16H19NO3S. The first-order valence-electron chi connectivity index (χ1n) is 6.63. The predicted octanol–water partition coefficient (Wildman–Crippen LogP) is 3.82. The van der Waals surface area contributed by atoms with Crippen LogP contribution in [0.15, 0.2) is 35.2 Å². The van der Waals surface area contributed by atoms with Gasteiger partial charge < -0.3 is 10.2 Å². The minimum absolute atomic E-state index is 0.0367. The Balaban J connectivity index is 2.43. The van der Waals surface area contributed by atoms with Gasteiger partial charge in [0.1, 0.15) is 0 Å². The summed E-state index contributed by atoms with van der Waals surface area (Å²) in [5.41, 5.74) is 1.85. The van der Waals surface area contributed by atoms with E-state index < -0.39 is 0 Å². The van der Waals surface area contributed by atoms with Crippen molar-refractivity contribution in [2.24, 2.45) is 0 Å². The lowest BCUT2D eigenvalue weighted by molar-refractivity contribution is -0.109. The van der Waals surface area contributed by atoms with Crippen LogP contribution in [-0.4, -0.2) is 19.9 Å². The van der Waals surface area contributed by atoms with Crippen molar-refractivity contribution in [2.45, 2.75) is 38.0 Å². The van der Waals surface area contributed by atoms with Gasteiger partial charge in [0.2, 0.25) is 5.88 Å². The topological polar surface area (TPSA) is 62.5 Å². The van der Waals surface area contributed by atoms with Gasteiger partial charge >= 0.3 is 0 Å². The molecule has 0 spiro atoms. The van der Waals surface area contributed by atoms with Gasteiger partial charge in [-0.2, -0.15) is 0 Å². The Kier molecular flexibility index (Phi) is 4.05. The molecule has 0 atom stereocenters. The lowest BCUT2D eigenvalue weighted by Crippen LogP contribution is -2.10. The standard InChI is InChI=1S/C16H19NO3S/c1-10(18)21-13-9-14(19)17(15(13)20)12-7-5-11(6-8-12)16(2,3)4/h5-9,19-20H,1-4H3. The SMILES string of the molecule is CC(=O)Sc1cc(O)n(-c2ccc(C(C)(C)C)cc2)c1O. The highest BCUT2D eigenvalue weighted by molar-refractivity contribution is 8.13. The normalized spacial score (nSPS) is 11.6. The average Bonchev–Trinajstić information content (AvgIpc) is 2.63. The molecule has 0 saturated carbocycles. The number of aromatic hydroxyl groups is 2. The first-order chi connectivity index (χ1) is 9.70. The van der Waals surface area contributed by atoms with E-state index in [0.717, 1.165) is 17.3 Å². The quantitative estimate of drug-likeness (QED) is 0.828. The van der Waals surface area contributed by atoms with Crippen molar-refractivity contribution >= 4 is 16.9 Å². The molecule has 0 unspecified atom stereocenters. The van der Waals surface area contributed by atoms with E-state index >= 15 is 0 Å². The summed E-state index contributed by atoms with van der Waals surface area (Å²) < 4.78 is 1.32. The maximum atomic E-state index is 11.1. The number of aromatic nitrogens is 1. The van der Waals surface area contributed by atoms with Crippen LogP contribution in [0.25, 0.3) is 5.69 Å². The van der Waals surface area contributed by atoms with Gasteiger partial charge in [-0.3, -0.25) is 9.36 Å². The van der Waals surface area contributed by atoms with Crippen molar-refractivity contribution in [3.63, 3.8) is 0 Å². The Labute approximate surface area is 128 Å². The number of hydrogen-bond acceptors (Lipinski definition) is 4. The summed E-state index contributed by atoms with van der Waals surface area (Å²) in [6.45, 7) is 7.77. The number of carbonyl (C=O) groups is 1. The van der Waals surface area contributed by atoms with Crippen molar-refractivity contribution < 1.29 is 15.0 Å². The first-order valence-corrected chi connectivity index (χ1v) is 7.45. The highest BCUT2D eigenvalue weighted by Gasteiger charge is 2.18. The fourth-order valence-electron chi connectivity index (χ4n) is 2.06. The van der Waals surface area contributed by atoms with Crippen LogP contribution < -0.4 is 0 Å². The van der Waals surface area contributed by atoms with E-state index in [9.17, 15) is 15.0 Å². The molecule has 5 heteroatoms. The maximum Gasteiger partial charge on any atom is 0.213 e. The summed E-state index contributed by atoms with van der Waals surface area (Å²) in [7, 11) is 0. The predicted molar refractivity (Wildman–Crippen MR) is 84.3 cm³/mol. The summed E-state index contributed by atoms with van der Waals surface area (Å²) in [6, 6.07) is 8.99. The third-order valence-corrected chi connectivity index (χ3v) is 3.97. The smallest absolute Gasteiger partial charge is 0.213 e. The van der Waals surface area contributed by atoms with Crippen LogP contribution in [-0.2, 0) is 10.2 Å². The van der Waals surface area contributed by atoms with Crippen molar-refractivity contribution in [3.8, 4) is 17.4 Å². The summed E-state index contributed by atoms with van der Waals surface area (Å²) in [5, 5.41) is 20.0. The molecule has 0 amide bonds. The largest absolute Gasteiger partial charge is 0.494 e. The second kappa shape index (κ2) is 5.48. The fraction of sp³-hybridized carbons (Fsp3) is 0.312. The second-order valence-electron chi connectivity index (χ2n) is 5.92. The van der Waals surface area contributed by atoms with E-state index in [-0.39, 0.29) is 22.3 Å². The molecule has 112 valence electrons. The molecule has 21 heavy (non-hydrogen) atoms. The molecule has 0 radical (unpaired) electrons. The lowest BCUT2D eigenvalue weighted by atomic mass is 9.87. The van der Waals surface area contributed by atoms with Crippen LogP contribution in [0.1, 0.15) is 33.3 Å². The summed E-state index contributed by atoms with van der Waals surface area (Å²) in [6.07, 6.45) is 0. The molecule has 2 N–H and O–H groups in total. The Bertz CT molecular complexity index is 666.